The van der Waals surface area contributed by atoms with E-state index in [1.54, 1.807) is 23.9 Å². The smallest absolute Gasteiger partial charge is 0.328 e. The molecule has 0 bridgehead atoms. The van der Waals surface area contributed by atoms with Gasteiger partial charge in [0.25, 0.3) is 10.0 Å². The van der Waals surface area contributed by atoms with Gasteiger partial charge in [0.05, 0.1) is 4.90 Å². The summed E-state index contributed by atoms with van der Waals surface area (Å²) in [6.45, 7) is 6.21. The fourth-order valence-corrected chi connectivity index (χ4v) is 5.42. The Labute approximate surface area is 222 Å². The number of amides is 2. The quantitative estimate of drug-likeness (QED) is 0.326. The van der Waals surface area contributed by atoms with Crippen LogP contribution in [0.1, 0.15) is 28.2 Å². The van der Waals surface area contributed by atoms with Gasteiger partial charge in [-0.3, -0.25) is 4.57 Å². The zero-order chi connectivity index (χ0) is 26.6. The molecule has 2 N–H and O–H groups in total. The third-order valence-corrected chi connectivity index (χ3v) is 7.94. The van der Waals surface area contributed by atoms with E-state index in [9.17, 15) is 13.2 Å². The molecule has 4 aromatic rings. The molecule has 0 aliphatic carbocycles. The van der Waals surface area contributed by atoms with Crippen LogP contribution >= 0.6 is 11.8 Å². The van der Waals surface area contributed by atoms with Gasteiger partial charge in [-0.05, 0) is 74.9 Å². The van der Waals surface area contributed by atoms with Gasteiger partial charge in [-0.2, -0.15) is 11.8 Å². The Kier molecular flexibility index (Phi) is 8.19. The molecule has 2 aromatic heterocycles. The van der Waals surface area contributed by atoms with Gasteiger partial charge in [-0.1, -0.05) is 29.8 Å². The van der Waals surface area contributed by atoms with Gasteiger partial charge in [0.1, 0.15) is 11.3 Å². The van der Waals surface area contributed by atoms with Crippen LogP contribution in [0.5, 0.6) is 0 Å². The molecule has 2 amide bonds. The van der Waals surface area contributed by atoms with Crippen LogP contribution in [0.2, 0.25) is 0 Å². The molecule has 37 heavy (non-hydrogen) atoms. The van der Waals surface area contributed by atoms with E-state index in [4.69, 9.17) is 9.97 Å². The van der Waals surface area contributed by atoms with E-state index in [1.165, 1.54) is 12.1 Å². The number of imidazole rings is 1. The van der Waals surface area contributed by atoms with Crippen LogP contribution in [0.15, 0.2) is 59.5 Å². The first-order chi connectivity index (χ1) is 17.7. The molecule has 0 atom stereocenters. The zero-order valence-electron chi connectivity index (χ0n) is 21.4. The van der Waals surface area contributed by atoms with Crippen LogP contribution in [-0.2, 0) is 22.9 Å². The van der Waals surface area contributed by atoms with E-state index in [2.05, 4.69) is 33.9 Å². The molecule has 0 fully saturated rings. The van der Waals surface area contributed by atoms with E-state index in [0.717, 1.165) is 57.2 Å². The molecule has 2 aromatic carbocycles. The fourth-order valence-electron chi connectivity index (χ4n) is 4.10. The van der Waals surface area contributed by atoms with Crippen LogP contribution < -0.4 is 10.0 Å². The van der Waals surface area contributed by atoms with E-state index >= 15 is 0 Å². The van der Waals surface area contributed by atoms with Crippen molar-refractivity contribution in [2.75, 3.05) is 18.6 Å². The highest BCUT2D eigenvalue weighted by atomic mass is 32.2. The number of benzene rings is 2. The molecule has 0 unspecified atom stereocenters. The molecule has 194 valence electrons. The molecular weight excluding hydrogens is 506 g/mol. The number of sulfonamides is 1. The van der Waals surface area contributed by atoms with Gasteiger partial charge in [-0.15, -0.1) is 0 Å². The van der Waals surface area contributed by atoms with Crippen LogP contribution in [0.4, 0.5) is 4.79 Å². The lowest BCUT2D eigenvalue weighted by molar-refractivity contribution is 0.246. The van der Waals surface area contributed by atoms with Crippen molar-refractivity contribution in [2.45, 2.75) is 38.5 Å². The summed E-state index contributed by atoms with van der Waals surface area (Å²) < 4.78 is 28.9. The number of thioether (sulfide) groups is 1. The second-order valence-electron chi connectivity index (χ2n) is 8.95. The van der Waals surface area contributed by atoms with Crippen molar-refractivity contribution in [2.24, 2.45) is 0 Å². The fraction of sp³-hybridized carbons (Fsp3) is 0.296. The predicted octanol–water partition coefficient (Wildman–Crippen LogP) is 4.48. The van der Waals surface area contributed by atoms with Crippen molar-refractivity contribution in [3.05, 3.63) is 82.8 Å². The van der Waals surface area contributed by atoms with E-state index in [0.29, 0.717) is 13.0 Å². The van der Waals surface area contributed by atoms with Gasteiger partial charge in [0.2, 0.25) is 0 Å². The summed E-state index contributed by atoms with van der Waals surface area (Å²) in [5.41, 5.74) is 6.77. The SMILES string of the molecule is CSCCc1nc2c(C)cc(C)nc2n1-c1ccc(CCNC(=O)NS(=O)(=O)c2ccc(C)cc2)cc1. The van der Waals surface area contributed by atoms with Gasteiger partial charge in [-0.25, -0.2) is 27.9 Å². The Morgan fingerprint density at radius 1 is 0.973 bits per heavy atom. The maximum absolute atomic E-state index is 12.4. The number of fused-ring (bicyclic) bond motifs is 1. The third kappa shape index (κ3) is 6.31. The molecule has 0 aliphatic rings. The number of hydrogen-bond donors (Lipinski definition) is 2. The average Bonchev–Trinajstić information content (AvgIpc) is 3.21. The second-order valence-corrected chi connectivity index (χ2v) is 11.6. The summed E-state index contributed by atoms with van der Waals surface area (Å²) in [6, 6.07) is 15.7. The van der Waals surface area contributed by atoms with Crippen molar-refractivity contribution in [3.8, 4) is 5.69 Å². The predicted molar refractivity (Wildman–Crippen MR) is 149 cm³/mol. The third-order valence-electron chi connectivity index (χ3n) is 5.99. The molecular formula is C27H31N5O3S2. The van der Waals surface area contributed by atoms with Gasteiger partial charge < -0.3 is 5.32 Å². The Balaban J connectivity index is 1.43. The summed E-state index contributed by atoms with van der Waals surface area (Å²) in [4.78, 5) is 21.9. The summed E-state index contributed by atoms with van der Waals surface area (Å²) >= 11 is 1.78. The summed E-state index contributed by atoms with van der Waals surface area (Å²) in [5, 5.41) is 2.62. The lowest BCUT2D eigenvalue weighted by atomic mass is 10.1. The highest BCUT2D eigenvalue weighted by Gasteiger charge is 2.18. The topological polar surface area (TPSA) is 106 Å². The number of hydrogen-bond acceptors (Lipinski definition) is 6. The number of nitrogens with one attached hydrogen (secondary N) is 2. The van der Waals surface area contributed by atoms with Crippen LogP contribution in [-0.4, -0.2) is 47.5 Å². The first-order valence-corrected chi connectivity index (χ1v) is 14.9. The molecule has 8 nitrogen and oxygen atoms in total. The molecule has 0 radical (unpaired) electrons. The standard InChI is InChI=1S/C27H31N5O3S2/c1-18-5-11-23(12-6-18)37(34,35)31-27(33)28-15-13-21-7-9-22(10-8-21)32-24(14-16-36-4)30-25-19(2)17-20(3)29-26(25)32/h5-12,17H,13-16H2,1-4H3,(H2,28,31,33). The van der Waals surface area contributed by atoms with Crippen molar-refractivity contribution in [1.82, 2.24) is 24.6 Å². The lowest BCUT2D eigenvalue weighted by Crippen LogP contribution is -2.40. The van der Waals surface area contributed by atoms with Gasteiger partial charge in [0, 0.05) is 30.1 Å². The second kappa shape index (κ2) is 11.4. The van der Waals surface area contributed by atoms with E-state index < -0.39 is 16.1 Å². The highest BCUT2D eigenvalue weighted by molar-refractivity contribution is 7.98. The number of rotatable bonds is 9. The van der Waals surface area contributed by atoms with Crippen LogP contribution in [0, 0.1) is 20.8 Å². The number of carbonyl (C=O) groups excluding carboxylic acids is 1. The Bertz CT molecular complexity index is 1510. The highest BCUT2D eigenvalue weighted by Crippen LogP contribution is 2.24. The molecule has 2 heterocycles. The zero-order valence-corrected chi connectivity index (χ0v) is 23.0. The van der Waals surface area contributed by atoms with Crippen molar-refractivity contribution in [1.29, 1.82) is 0 Å². The normalized spacial score (nSPS) is 11.6. The maximum atomic E-state index is 12.4. The molecule has 4 rings (SSSR count). The molecule has 10 heteroatoms. The summed E-state index contributed by atoms with van der Waals surface area (Å²) in [6.07, 6.45) is 3.47. The maximum Gasteiger partial charge on any atom is 0.328 e. The number of nitrogens with zero attached hydrogens (tertiary/aromatic N) is 3. The molecule has 0 saturated carbocycles. The first kappa shape index (κ1) is 26.7. The van der Waals surface area contributed by atoms with Crippen molar-refractivity contribution < 1.29 is 13.2 Å². The minimum absolute atomic E-state index is 0.0487. The molecule has 0 spiro atoms. The summed E-state index contributed by atoms with van der Waals surface area (Å²) in [5.74, 6) is 1.94. The van der Waals surface area contributed by atoms with Crippen LogP contribution in [0.3, 0.4) is 0 Å². The first-order valence-electron chi connectivity index (χ1n) is 12.0. The van der Waals surface area contributed by atoms with Gasteiger partial charge >= 0.3 is 6.03 Å². The van der Waals surface area contributed by atoms with Crippen molar-refractivity contribution >= 4 is 39.0 Å². The van der Waals surface area contributed by atoms with Gasteiger partial charge in [0.15, 0.2) is 5.65 Å². The Morgan fingerprint density at radius 2 is 1.68 bits per heavy atom. The van der Waals surface area contributed by atoms with Crippen LogP contribution in [0.25, 0.3) is 16.9 Å². The lowest BCUT2D eigenvalue weighted by Gasteiger charge is -2.11. The average molecular weight is 538 g/mol. The minimum atomic E-state index is -3.92. The number of aromatic nitrogens is 3. The Morgan fingerprint density at radius 3 is 2.35 bits per heavy atom. The molecule has 0 aliphatic heterocycles. The number of urea groups is 1. The van der Waals surface area contributed by atoms with Crippen molar-refractivity contribution in [3.63, 3.8) is 0 Å². The number of carbonyl (C=O) groups is 1. The number of aryl methyl sites for hydroxylation is 4. The van der Waals surface area contributed by atoms with E-state index in [-0.39, 0.29) is 4.90 Å². The monoisotopic (exact) mass is 537 g/mol. The Hall–Kier alpha value is -3.37. The minimum Gasteiger partial charge on any atom is -0.337 e. The number of pyridine rings is 1. The molecule has 0 saturated heterocycles. The largest absolute Gasteiger partial charge is 0.337 e. The van der Waals surface area contributed by atoms with E-state index in [1.807, 2.05) is 38.1 Å². The summed E-state index contributed by atoms with van der Waals surface area (Å²) in [7, 11) is -3.92.